The van der Waals surface area contributed by atoms with Gasteiger partial charge in [-0.15, -0.1) is 0 Å². The average Bonchev–Trinajstić information content (AvgIpc) is 1.68. The van der Waals surface area contributed by atoms with Crippen LogP contribution >= 0.6 is 0 Å². The molecule has 0 saturated carbocycles. The van der Waals surface area contributed by atoms with E-state index in [9.17, 15) is 24.0 Å². The molecule has 0 spiro atoms. The molecule has 5 amide bonds. The molecule has 0 unspecified atom stereocenters. The number of hydrogen-bond donors (Lipinski definition) is 6. The van der Waals surface area contributed by atoms with Crippen LogP contribution in [0.25, 0.3) is 44.5 Å². The van der Waals surface area contributed by atoms with Gasteiger partial charge in [0.25, 0.3) is 11.8 Å². The summed E-state index contributed by atoms with van der Waals surface area (Å²) in [5.74, 6) is -1.72. The van der Waals surface area contributed by atoms with Crippen LogP contribution in [0.2, 0.25) is 25.7 Å². The first-order valence-electron chi connectivity index (χ1n) is 35.5. The van der Waals surface area contributed by atoms with Crippen molar-refractivity contribution in [3.63, 3.8) is 0 Å². The number of aromatic amines is 1. The van der Waals surface area contributed by atoms with Gasteiger partial charge in [0.05, 0.1) is 11.4 Å². The molecule has 4 aromatic heterocycles. The molecule has 532 valence electrons. The van der Waals surface area contributed by atoms with Crippen LogP contribution < -0.4 is 26.6 Å². The Morgan fingerprint density at radius 2 is 1.05 bits per heavy atom. The summed E-state index contributed by atoms with van der Waals surface area (Å²) in [5.41, 5.74) is 23.1. The van der Waals surface area contributed by atoms with Crippen LogP contribution in [-0.2, 0) is 78.9 Å². The first kappa shape index (κ1) is 70.9. The van der Waals surface area contributed by atoms with Gasteiger partial charge in [-0.1, -0.05) is 105 Å². The summed E-state index contributed by atoms with van der Waals surface area (Å²) >= 11 is 0. The van der Waals surface area contributed by atoms with E-state index < -0.39 is 25.8 Å². The monoisotopic (exact) mass is 1400 g/mol. The fraction of sp³-hybridized carbons (Fsp3) is 0.346. The molecule has 22 heteroatoms. The van der Waals surface area contributed by atoms with Crippen molar-refractivity contribution in [2.45, 2.75) is 162 Å². The van der Waals surface area contributed by atoms with Gasteiger partial charge in [-0.3, -0.25) is 38.5 Å². The highest BCUT2D eigenvalue weighted by molar-refractivity contribution is 6.76. The van der Waals surface area contributed by atoms with Crippen molar-refractivity contribution in [1.29, 1.82) is 0 Å². The Hall–Kier alpha value is -10.6. The molecule has 6 heterocycles. The van der Waals surface area contributed by atoms with Crippen molar-refractivity contribution < 1.29 is 33.4 Å². The van der Waals surface area contributed by atoms with Crippen LogP contribution in [0.15, 0.2) is 146 Å². The highest BCUT2D eigenvalue weighted by Crippen LogP contribution is 2.42. The maximum absolute atomic E-state index is 14.4. The minimum Gasteiger partial charge on any atom is -0.444 e. The highest BCUT2D eigenvalue weighted by atomic mass is 28.3. The largest absolute Gasteiger partial charge is 0.444 e. The number of H-pyrrole nitrogens is 1. The summed E-state index contributed by atoms with van der Waals surface area (Å²) in [6.07, 6.45) is 5.91. The van der Waals surface area contributed by atoms with Crippen molar-refractivity contribution in [2.75, 3.05) is 17.2 Å². The fourth-order valence-electron chi connectivity index (χ4n) is 14.8. The molecule has 0 radical (unpaired) electrons. The van der Waals surface area contributed by atoms with E-state index in [1.165, 1.54) is 26.1 Å². The van der Waals surface area contributed by atoms with Crippen LogP contribution in [0.3, 0.4) is 0 Å². The number of carbonyl (C=O) groups excluding carboxylic acids is 5. The third-order valence-electron chi connectivity index (χ3n) is 20.3. The second-order valence-electron chi connectivity index (χ2n) is 29.9. The molecule has 4 atom stereocenters. The zero-order valence-corrected chi connectivity index (χ0v) is 61.9. The van der Waals surface area contributed by atoms with Crippen LogP contribution in [0.4, 0.5) is 16.2 Å². The van der Waals surface area contributed by atoms with Crippen LogP contribution in [0.5, 0.6) is 0 Å². The van der Waals surface area contributed by atoms with Gasteiger partial charge in [0.1, 0.15) is 35.8 Å². The highest BCUT2D eigenvalue weighted by Gasteiger charge is 2.39. The number of nitrogens with one attached hydrogen (secondary N) is 6. The number of anilines is 2. The summed E-state index contributed by atoms with van der Waals surface area (Å²) in [4.78, 5) is 70.1. The van der Waals surface area contributed by atoms with Gasteiger partial charge in [-0.05, 0) is 207 Å². The van der Waals surface area contributed by atoms with Crippen molar-refractivity contribution in [3.8, 4) is 44.5 Å². The molecule has 0 bridgehead atoms. The first-order chi connectivity index (χ1) is 49.3. The lowest BCUT2D eigenvalue weighted by atomic mass is 9.89. The Morgan fingerprint density at radius 3 is 1.54 bits per heavy atom. The first-order valence-corrected chi connectivity index (χ1v) is 39.2. The van der Waals surface area contributed by atoms with Crippen molar-refractivity contribution in [1.82, 2.24) is 60.4 Å². The Morgan fingerprint density at radius 1 is 0.573 bits per heavy atom. The van der Waals surface area contributed by atoms with Gasteiger partial charge < -0.3 is 36.1 Å². The Kier molecular flexibility index (Phi) is 20.2. The zero-order chi connectivity index (χ0) is 72.6. The number of benzene rings is 6. The fourth-order valence-corrected chi connectivity index (χ4v) is 15.5. The third kappa shape index (κ3) is 15.8. The molecule has 103 heavy (non-hydrogen) atoms. The van der Waals surface area contributed by atoms with E-state index in [4.69, 9.17) is 14.6 Å². The normalized spacial score (nSPS) is 15.7. The molecule has 2 aliphatic heterocycles. The van der Waals surface area contributed by atoms with Gasteiger partial charge in [-0.2, -0.15) is 20.4 Å². The summed E-state index contributed by atoms with van der Waals surface area (Å²) < 4.78 is 16.6. The Balaban J connectivity index is 0.000000191. The minimum atomic E-state index is -1.19. The van der Waals surface area contributed by atoms with Gasteiger partial charge >= 0.3 is 6.09 Å². The summed E-state index contributed by atoms with van der Waals surface area (Å²) in [7, 11) is 2.24. The Labute approximate surface area is 602 Å². The predicted molar refractivity (Wildman–Crippen MR) is 403 cm³/mol. The topological polar surface area (TPSA) is 249 Å². The number of ether oxygens (including phenoxy) is 2. The zero-order valence-electron chi connectivity index (χ0n) is 60.9. The number of hydrogen-bond acceptors (Lipinski definition) is 12. The number of amides is 5. The van der Waals surface area contributed by atoms with Gasteiger partial charge in [0.15, 0.2) is 0 Å². The maximum atomic E-state index is 14.4. The van der Waals surface area contributed by atoms with Crippen LogP contribution in [0.1, 0.15) is 134 Å². The number of rotatable bonds is 19. The van der Waals surface area contributed by atoms with Gasteiger partial charge in [-0.25, -0.2) is 9.48 Å². The maximum Gasteiger partial charge on any atom is 0.410 e. The number of nitrogens with zero attached hydrogens (tertiary/aromatic N) is 8. The molecule has 6 aromatic carbocycles. The Bertz CT molecular complexity index is 4840. The molecular weight excluding hydrogens is 1310 g/mol. The quantitative estimate of drug-likeness (QED) is 0.0327. The summed E-state index contributed by atoms with van der Waals surface area (Å²) in [5, 5.41) is 36.2. The average molecular weight is 1400 g/mol. The second-order valence-corrected chi connectivity index (χ2v) is 35.6. The summed E-state index contributed by atoms with van der Waals surface area (Å²) in [6, 6.07) is 44.1. The van der Waals surface area contributed by atoms with E-state index in [1.807, 2.05) is 94.8 Å². The second kappa shape index (κ2) is 29.4. The van der Waals surface area contributed by atoms with E-state index >= 15 is 0 Å². The van der Waals surface area contributed by atoms with E-state index in [-0.39, 0.29) is 41.6 Å². The van der Waals surface area contributed by atoms with E-state index in [1.54, 1.807) is 43.5 Å². The molecular formula is C81H92N14O7Si. The molecule has 10 aromatic rings. The van der Waals surface area contributed by atoms with E-state index in [0.717, 1.165) is 140 Å². The van der Waals surface area contributed by atoms with Crippen LogP contribution in [0, 0.1) is 27.7 Å². The van der Waals surface area contributed by atoms with Crippen molar-refractivity contribution in [2.24, 2.45) is 14.1 Å². The van der Waals surface area contributed by atoms with Crippen LogP contribution in [-0.4, -0.2) is 107 Å². The van der Waals surface area contributed by atoms with E-state index in [2.05, 4.69) is 146 Å². The molecule has 0 fully saturated rings. The molecule has 21 nitrogen and oxygen atoms in total. The summed E-state index contributed by atoms with van der Waals surface area (Å²) in [6.45, 7) is 24.5. The SMILES string of the molecule is Cc1n[nH]c(C)c1-c1ccc(NC(=O)[C@@H](NC(=O)c2ccnn2C)[C@@H]2CCc3ccc(-c4ccc5c(c4)CNC5)cc32)cc1.Cc1nn(COCC[Si](C)(C)C)c(C)c1-c1ccc(NC(=O)[C@@H](NC(=O)c2ccnn2C)[C@@H]2CCc3ccc(-c4ccc5c(c4)CN(C(=O)OC(C)(C)C)C5)cc32)cc1. The number of fused-ring (bicyclic) bond motifs is 4. The van der Waals surface area contributed by atoms with Gasteiger partial charge in [0.2, 0.25) is 11.8 Å². The number of aryl methyl sites for hydroxylation is 7. The van der Waals surface area contributed by atoms with Crippen molar-refractivity contribution in [3.05, 3.63) is 225 Å². The molecule has 0 saturated heterocycles. The molecule has 6 N–H and O–H groups in total. The smallest absolute Gasteiger partial charge is 0.410 e. The third-order valence-corrected chi connectivity index (χ3v) is 22.0. The predicted octanol–water partition coefficient (Wildman–Crippen LogP) is 13.8. The molecule has 14 rings (SSSR count). The van der Waals surface area contributed by atoms with Gasteiger partial charge in [0, 0.05) is 113 Å². The lowest BCUT2D eigenvalue weighted by molar-refractivity contribution is -0.119. The lowest BCUT2D eigenvalue weighted by Gasteiger charge is -2.25. The van der Waals surface area contributed by atoms with E-state index in [0.29, 0.717) is 49.0 Å². The number of aromatic nitrogens is 8. The number of carbonyl (C=O) groups is 5. The lowest BCUT2D eigenvalue weighted by Crippen LogP contribution is -2.47. The molecule has 2 aliphatic carbocycles. The molecule has 4 aliphatic rings. The standard InChI is InChI=1S/C46H57N7O5Si.C35H35N7O2/c1-29-41(30(2)53(50-29)28-57-22-23-59(7,8)9)32-14-17-37(18-15-32)48-44(55)42(49-43(54)40-20-21-47-51(40)6)38-19-16-31-10-11-34(25-39(31)38)33-12-13-35-26-52(27-36(35)24-33)45(56)58-46(3,4)5;1-20-32(21(2)41-40-20)23-8-11-28(12-9-23)38-35(44)33(39-34(43)31-14-15-37-42(31)3)29-13-10-22-4-5-25(17-30(22)29)24-6-7-26-18-36-19-27(26)16-24/h10-15,17-18,20-21,24-25,38,42H,16,19,22-23,26-28H2,1-9H3,(H,48,55)(H,49,54);4-9,11-12,14-17,29,33,36H,10,13,18-19H2,1-3H3,(H,38,44)(H,39,43)(H,40,41)/t38-,42+;29-,33+/m11/s1. The van der Waals surface area contributed by atoms with Crippen molar-refractivity contribution >= 4 is 49.2 Å². The minimum absolute atomic E-state index is 0.186.